The van der Waals surface area contributed by atoms with Crippen molar-refractivity contribution in [2.24, 2.45) is 5.92 Å². The summed E-state index contributed by atoms with van der Waals surface area (Å²) >= 11 is 0. The van der Waals surface area contributed by atoms with Gasteiger partial charge in [0.1, 0.15) is 12.0 Å². The first-order chi connectivity index (χ1) is 7.63. The number of aldehydes is 1. The minimum atomic E-state index is -0.0303. The van der Waals surface area contributed by atoms with Gasteiger partial charge in [-0.3, -0.25) is 0 Å². The molecule has 1 atom stereocenters. The van der Waals surface area contributed by atoms with E-state index in [2.05, 4.69) is 4.98 Å². The number of H-pyrrole nitrogens is 1. The lowest BCUT2D eigenvalue weighted by atomic mass is 9.99. The molecule has 0 bridgehead atoms. The Kier molecular flexibility index (Phi) is 2.69. The van der Waals surface area contributed by atoms with Crippen molar-refractivity contribution in [1.82, 2.24) is 4.98 Å². The van der Waals surface area contributed by atoms with Crippen molar-refractivity contribution in [3.8, 4) is 5.75 Å². The number of hydrogen-bond donors (Lipinski definition) is 2. The number of aromatic nitrogens is 1. The van der Waals surface area contributed by atoms with Crippen LogP contribution in [0.15, 0.2) is 18.2 Å². The maximum Gasteiger partial charge on any atom is 0.125 e. The fourth-order valence-electron chi connectivity index (χ4n) is 2.05. The Morgan fingerprint density at radius 2 is 2.25 bits per heavy atom. The molecule has 2 rings (SSSR count). The molecule has 84 valence electrons. The van der Waals surface area contributed by atoms with Gasteiger partial charge >= 0.3 is 0 Å². The summed E-state index contributed by atoms with van der Waals surface area (Å²) in [5.74, 6) is 0.243. The molecule has 0 aliphatic rings. The van der Waals surface area contributed by atoms with Crippen LogP contribution in [0.1, 0.15) is 18.2 Å². The van der Waals surface area contributed by atoms with Gasteiger partial charge in [0.2, 0.25) is 0 Å². The maximum absolute atomic E-state index is 10.7. The normalized spacial score (nSPS) is 12.9. The second-order valence-electron chi connectivity index (χ2n) is 4.25. The molecular formula is C13H15NO2. The highest BCUT2D eigenvalue weighted by Gasteiger charge is 2.14. The summed E-state index contributed by atoms with van der Waals surface area (Å²) in [6, 6.07) is 5.41. The summed E-state index contributed by atoms with van der Waals surface area (Å²) in [6.45, 7) is 3.84. The molecule has 0 saturated heterocycles. The summed E-state index contributed by atoms with van der Waals surface area (Å²) in [5.41, 5.74) is 2.98. The van der Waals surface area contributed by atoms with Gasteiger partial charge in [0.25, 0.3) is 0 Å². The van der Waals surface area contributed by atoms with Crippen molar-refractivity contribution in [2.45, 2.75) is 20.3 Å². The SMILES string of the molecule is Cc1[nH]c2cccc(O)c2c1CC(C)C=O. The third-order valence-electron chi connectivity index (χ3n) is 2.88. The second kappa shape index (κ2) is 4.00. The highest BCUT2D eigenvalue weighted by Crippen LogP contribution is 2.31. The fraction of sp³-hybridized carbons (Fsp3) is 0.308. The van der Waals surface area contributed by atoms with Gasteiger partial charge in [-0.15, -0.1) is 0 Å². The fourth-order valence-corrected chi connectivity index (χ4v) is 2.05. The standard InChI is InChI=1S/C13H15NO2/c1-8(7-15)6-10-9(2)14-11-4-3-5-12(16)13(10)11/h3-5,7-8,14,16H,6H2,1-2H3. The zero-order valence-electron chi connectivity index (χ0n) is 9.45. The lowest BCUT2D eigenvalue weighted by Gasteiger charge is -2.04. The zero-order chi connectivity index (χ0) is 11.7. The maximum atomic E-state index is 10.7. The highest BCUT2D eigenvalue weighted by atomic mass is 16.3. The minimum Gasteiger partial charge on any atom is -0.507 e. The number of nitrogens with one attached hydrogen (secondary N) is 1. The van der Waals surface area contributed by atoms with Gasteiger partial charge in [-0.1, -0.05) is 13.0 Å². The summed E-state index contributed by atoms with van der Waals surface area (Å²) in [5, 5.41) is 10.7. The van der Waals surface area contributed by atoms with Gasteiger partial charge in [-0.05, 0) is 31.0 Å². The van der Waals surface area contributed by atoms with Crippen LogP contribution in [0.3, 0.4) is 0 Å². The van der Waals surface area contributed by atoms with Crippen LogP contribution in [0.25, 0.3) is 10.9 Å². The average Bonchev–Trinajstić information content (AvgIpc) is 2.56. The van der Waals surface area contributed by atoms with E-state index in [1.54, 1.807) is 12.1 Å². The Labute approximate surface area is 94.1 Å². The lowest BCUT2D eigenvalue weighted by molar-refractivity contribution is -0.110. The Morgan fingerprint density at radius 1 is 1.50 bits per heavy atom. The Hall–Kier alpha value is -1.77. The number of hydrogen-bond acceptors (Lipinski definition) is 2. The number of aromatic amines is 1. The number of rotatable bonds is 3. The van der Waals surface area contributed by atoms with Crippen LogP contribution in [0.4, 0.5) is 0 Å². The molecule has 3 heteroatoms. The van der Waals surface area contributed by atoms with Crippen molar-refractivity contribution in [3.63, 3.8) is 0 Å². The molecule has 1 unspecified atom stereocenters. The summed E-state index contributed by atoms with van der Waals surface area (Å²) < 4.78 is 0. The molecule has 16 heavy (non-hydrogen) atoms. The molecule has 0 aliphatic heterocycles. The molecule has 1 heterocycles. The van der Waals surface area contributed by atoms with E-state index in [9.17, 15) is 9.90 Å². The topological polar surface area (TPSA) is 53.1 Å². The first-order valence-corrected chi connectivity index (χ1v) is 5.38. The largest absolute Gasteiger partial charge is 0.507 e. The van der Waals surface area contributed by atoms with Crippen LogP contribution < -0.4 is 0 Å². The van der Waals surface area contributed by atoms with Gasteiger partial charge in [-0.25, -0.2) is 0 Å². The van der Waals surface area contributed by atoms with Crippen LogP contribution in [-0.2, 0) is 11.2 Å². The number of fused-ring (bicyclic) bond motifs is 1. The van der Waals surface area contributed by atoms with E-state index >= 15 is 0 Å². The molecule has 1 aromatic heterocycles. The Bertz CT molecular complexity index is 528. The predicted molar refractivity (Wildman–Crippen MR) is 63.6 cm³/mol. The van der Waals surface area contributed by atoms with Crippen LogP contribution in [-0.4, -0.2) is 16.4 Å². The highest BCUT2D eigenvalue weighted by molar-refractivity contribution is 5.90. The predicted octanol–water partition coefficient (Wildman–Crippen LogP) is 2.56. The van der Waals surface area contributed by atoms with Crippen LogP contribution in [0, 0.1) is 12.8 Å². The van der Waals surface area contributed by atoms with Crippen LogP contribution >= 0.6 is 0 Å². The first kappa shape index (κ1) is 10.7. The van der Waals surface area contributed by atoms with Gasteiger partial charge in [-0.2, -0.15) is 0 Å². The van der Waals surface area contributed by atoms with Crippen molar-refractivity contribution in [1.29, 1.82) is 0 Å². The molecule has 1 aromatic carbocycles. The molecule has 0 aliphatic carbocycles. The number of phenols is 1. The number of phenolic OH excluding ortho intramolecular Hbond substituents is 1. The van der Waals surface area contributed by atoms with E-state index in [1.807, 2.05) is 19.9 Å². The number of benzene rings is 1. The molecule has 2 N–H and O–H groups in total. The average molecular weight is 217 g/mol. The van der Waals surface area contributed by atoms with Crippen molar-refractivity contribution in [3.05, 3.63) is 29.5 Å². The third-order valence-corrected chi connectivity index (χ3v) is 2.88. The van der Waals surface area contributed by atoms with E-state index in [1.165, 1.54) is 0 Å². The minimum absolute atomic E-state index is 0.0303. The van der Waals surface area contributed by atoms with E-state index in [-0.39, 0.29) is 11.7 Å². The molecule has 0 spiro atoms. The monoisotopic (exact) mass is 217 g/mol. The quantitative estimate of drug-likeness (QED) is 0.776. The number of carbonyl (C=O) groups excluding carboxylic acids is 1. The van der Waals surface area contributed by atoms with E-state index < -0.39 is 0 Å². The van der Waals surface area contributed by atoms with Crippen molar-refractivity contribution >= 4 is 17.2 Å². The summed E-state index contributed by atoms with van der Waals surface area (Å²) in [4.78, 5) is 13.9. The van der Waals surface area contributed by atoms with Crippen LogP contribution in [0.5, 0.6) is 5.75 Å². The molecular weight excluding hydrogens is 202 g/mol. The molecule has 2 aromatic rings. The second-order valence-corrected chi connectivity index (χ2v) is 4.25. The Morgan fingerprint density at radius 3 is 2.94 bits per heavy atom. The summed E-state index contributed by atoms with van der Waals surface area (Å²) in [7, 11) is 0. The molecule has 0 saturated carbocycles. The lowest BCUT2D eigenvalue weighted by Crippen LogP contribution is -2.01. The molecule has 3 nitrogen and oxygen atoms in total. The first-order valence-electron chi connectivity index (χ1n) is 5.38. The van der Waals surface area contributed by atoms with Crippen molar-refractivity contribution in [2.75, 3.05) is 0 Å². The van der Waals surface area contributed by atoms with E-state index in [0.29, 0.717) is 6.42 Å². The van der Waals surface area contributed by atoms with Gasteiger partial charge < -0.3 is 14.9 Å². The zero-order valence-corrected chi connectivity index (χ0v) is 9.45. The van der Waals surface area contributed by atoms with Crippen molar-refractivity contribution < 1.29 is 9.90 Å². The third kappa shape index (κ3) is 1.69. The Balaban J connectivity index is 2.58. The smallest absolute Gasteiger partial charge is 0.125 e. The molecule has 0 radical (unpaired) electrons. The number of aromatic hydroxyl groups is 1. The van der Waals surface area contributed by atoms with Gasteiger partial charge in [0.05, 0.1) is 0 Å². The van der Waals surface area contributed by atoms with Gasteiger partial charge in [0, 0.05) is 22.5 Å². The van der Waals surface area contributed by atoms with Gasteiger partial charge in [0.15, 0.2) is 0 Å². The number of aryl methyl sites for hydroxylation is 1. The van der Waals surface area contributed by atoms with E-state index in [0.717, 1.165) is 28.4 Å². The molecule has 0 fully saturated rings. The number of carbonyl (C=O) groups is 1. The summed E-state index contributed by atoms with van der Waals surface area (Å²) in [6.07, 6.45) is 1.60. The van der Waals surface area contributed by atoms with Crippen LogP contribution in [0.2, 0.25) is 0 Å². The van der Waals surface area contributed by atoms with E-state index in [4.69, 9.17) is 0 Å². The molecule has 0 amide bonds.